The smallest absolute Gasteiger partial charge is 0.337 e. The van der Waals surface area contributed by atoms with Gasteiger partial charge in [-0.05, 0) is 18.2 Å². The molecule has 0 aliphatic carbocycles. The molecule has 11 heteroatoms. The Balaban J connectivity index is 2.53. The Hall–Kier alpha value is -3.63. The lowest BCUT2D eigenvalue weighted by Gasteiger charge is -2.12. The molecule has 1 N–H and O–H groups in total. The number of methoxy groups -OCH3 is 3. The molecular weight excluding hydrogens is 402 g/mol. The lowest BCUT2D eigenvalue weighted by molar-refractivity contribution is 0.0598. The fourth-order valence-electron chi connectivity index (χ4n) is 2.35. The minimum Gasteiger partial charge on any atom is -0.491 e. The highest BCUT2D eigenvalue weighted by Gasteiger charge is 2.30. The van der Waals surface area contributed by atoms with Gasteiger partial charge in [-0.1, -0.05) is 0 Å². The average molecular weight is 415 g/mol. The first-order valence-electron chi connectivity index (χ1n) is 7.69. The number of carbonyl (C=O) groups excluding carboxylic acids is 3. The third-order valence-corrected chi connectivity index (χ3v) is 3.69. The molecule has 0 aliphatic heterocycles. The predicted molar refractivity (Wildman–Crippen MR) is 89.9 cm³/mol. The van der Waals surface area contributed by atoms with Gasteiger partial charge in [0.1, 0.15) is 5.56 Å². The molecule has 7 nitrogen and oxygen atoms in total. The van der Waals surface area contributed by atoms with Gasteiger partial charge in [-0.3, -0.25) is 4.79 Å². The quantitative estimate of drug-likeness (QED) is 0.459. The van der Waals surface area contributed by atoms with Crippen LogP contribution >= 0.6 is 0 Å². The molecule has 0 spiro atoms. The lowest BCUT2D eigenvalue weighted by Crippen LogP contribution is -2.19. The Morgan fingerprint density at radius 2 is 1.21 bits per heavy atom. The van der Waals surface area contributed by atoms with Crippen molar-refractivity contribution in [1.82, 2.24) is 0 Å². The number of carbonyl (C=O) groups is 3. The number of nitrogens with one attached hydrogen (secondary N) is 1. The van der Waals surface area contributed by atoms with Gasteiger partial charge >= 0.3 is 11.9 Å². The molecule has 0 saturated heterocycles. The number of hydrogen-bond donors (Lipinski definition) is 1. The fourth-order valence-corrected chi connectivity index (χ4v) is 2.35. The van der Waals surface area contributed by atoms with Crippen LogP contribution in [0.4, 0.5) is 23.2 Å². The topological polar surface area (TPSA) is 90.9 Å². The Morgan fingerprint density at radius 3 is 1.59 bits per heavy atom. The molecule has 154 valence electrons. The van der Waals surface area contributed by atoms with E-state index in [1.807, 2.05) is 5.32 Å². The second kappa shape index (κ2) is 8.59. The number of amides is 1. The summed E-state index contributed by atoms with van der Waals surface area (Å²) in [4.78, 5) is 35.7. The molecule has 0 bridgehead atoms. The third kappa shape index (κ3) is 4.13. The molecule has 0 aromatic heterocycles. The predicted octanol–water partition coefficient (Wildman–Crippen LogP) is 3.08. The standard InChI is InChI=1S/C18H13F4NO6/c1-27-15-13(21)11(19)10(12(20)14(15)22)16(24)23-9-5-7(17(25)28-2)4-8(6-9)18(26)29-3/h4-6H,1-3H3,(H,23,24). The van der Waals surface area contributed by atoms with E-state index >= 15 is 0 Å². The number of benzene rings is 2. The number of hydrogen-bond acceptors (Lipinski definition) is 6. The zero-order chi connectivity index (χ0) is 21.9. The van der Waals surface area contributed by atoms with Crippen molar-refractivity contribution in [3.8, 4) is 5.75 Å². The summed E-state index contributed by atoms with van der Waals surface area (Å²) in [6, 6.07) is 3.12. The first kappa shape index (κ1) is 21.7. The molecule has 0 unspecified atom stereocenters. The van der Waals surface area contributed by atoms with Crippen molar-refractivity contribution in [1.29, 1.82) is 0 Å². The van der Waals surface area contributed by atoms with Crippen LogP contribution in [-0.4, -0.2) is 39.2 Å². The highest BCUT2D eigenvalue weighted by atomic mass is 19.2. The summed E-state index contributed by atoms with van der Waals surface area (Å²) in [5.74, 6) is -12.5. The van der Waals surface area contributed by atoms with Gasteiger partial charge in [-0.25, -0.2) is 18.4 Å². The van der Waals surface area contributed by atoms with Crippen LogP contribution in [0.2, 0.25) is 0 Å². The van der Waals surface area contributed by atoms with E-state index in [0.717, 1.165) is 39.5 Å². The Morgan fingerprint density at radius 1 is 0.759 bits per heavy atom. The van der Waals surface area contributed by atoms with Crippen LogP contribution in [0.15, 0.2) is 18.2 Å². The number of rotatable bonds is 5. The molecule has 0 atom stereocenters. The van der Waals surface area contributed by atoms with E-state index < -0.39 is 52.4 Å². The molecule has 1 amide bonds. The Labute approximate surface area is 161 Å². The van der Waals surface area contributed by atoms with Crippen molar-refractivity contribution in [2.75, 3.05) is 26.6 Å². The molecule has 0 saturated carbocycles. The van der Waals surface area contributed by atoms with Crippen molar-refractivity contribution in [2.45, 2.75) is 0 Å². The summed E-state index contributed by atoms with van der Waals surface area (Å²) in [6.07, 6.45) is 0. The van der Waals surface area contributed by atoms with Crippen LogP contribution < -0.4 is 10.1 Å². The summed E-state index contributed by atoms with van der Waals surface area (Å²) in [5, 5.41) is 1.96. The molecule has 0 fully saturated rings. The van der Waals surface area contributed by atoms with Crippen LogP contribution in [0.3, 0.4) is 0 Å². The van der Waals surface area contributed by atoms with Crippen LogP contribution in [-0.2, 0) is 9.47 Å². The van der Waals surface area contributed by atoms with E-state index in [0.29, 0.717) is 0 Å². The van der Waals surface area contributed by atoms with Crippen molar-refractivity contribution >= 4 is 23.5 Å². The Kier molecular flexibility index (Phi) is 6.42. The minimum absolute atomic E-state index is 0.210. The summed E-state index contributed by atoms with van der Waals surface area (Å²) in [7, 11) is 2.89. The van der Waals surface area contributed by atoms with Crippen molar-refractivity contribution in [3.05, 3.63) is 58.2 Å². The van der Waals surface area contributed by atoms with E-state index in [9.17, 15) is 31.9 Å². The van der Waals surface area contributed by atoms with Crippen LogP contribution in [0.25, 0.3) is 0 Å². The normalized spacial score (nSPS) is 10.3. The molecule has 0 radical (unpaired) electrons. The lowest BCUT2D eigenvalue weighted by atomic mass is 10.1. The van der Waals surface area contributed by atoms with Gasteiger partial charge < -0.3 is 19.5 Å². The average Bonchev–Trinajstić information content (AvgIpc) is 2.71. The van der Waals surface area contributed by atoms with Gasteiger partial charge in [0.25, 0.3) is 5.91 Å². The fraction of sp³-hybridized carbons (Fsp3) is 0.167. The van der Waals surface area contributed by atoms with Gasteiger partial charge in [0.15, 0.2) is 17.4 Å². The van der Waals surface area contributed by atoms with E-state index in [4.69, 9.17) is 0 Å². The van der Waals surface area contributed by atoms with Crippen LogP contribution in [0.1, 0.15) is 31.1 Å². The van der Waals surface area contributed by atoms with E-state index in [2.05, 4.69) is 14.2 Å². The van der Waals surface area contributed by atoms with Gasteiger partial charge in [0.05, 0.1) is 32.5 Å². The molecule has 29 heavy (non-hydrogen) atoms. The zero-order valence-corrected chi connectivity index (χ0v) is 15.2. The molecule has 0 heterocycles. The maximum Gasteiger partial charge on any atom is 0.337 e. The second-order valence-corrected chi connectivity index (χ2v) is 5.40. The minimum atomic E-state index is -1.99. The van der Waals surface area contributed by atoms with E-state index in [1.54, 1.807) is 0 Å². The summed E-state index contributed by atoms with van der Waals surface area (Å²) in [5.41, 5.74) is -2.28. The zero-order valence-electron chi connectivity index (χ0n) is 15.2. The highest BCUT2D eigenvalue weighted by Crippen LogP contribution is 2.30. The molecule has 2 rings (SSSR count). The van der Waals surface area contributed by atoms with Gasteiger partial charge in [-0.2, -0.15) is 8.78 Å². The largest absolute Gasteiger partial charge is 0.491 e. The number of esters is 2. The molecule has 0 aliphatic rings. The number of halogens is 4. The Bertz CT molecular complexity index is 945. The summed E-state index contributed by atoms with van der Waals surface area (Å²) < 4.78 is 69.1. The first-order valence-corrected chi connectivity index (χ1v) is 7.69. The van der Waals surface area contributed by atoms with E-state index in [1.165, 1.54) is 0 Å². The number of ether oxygens (including phenoxy) is 3. The first-order chi connectivity index (χ1) is 13.7. The third-order valence-electron chi connectivity index (χ3n) is 3.69. The van der Waals surface area contributed by atoms with Crippen molar-refractivity contribution < 1.29 is 46.2 Å². The SMILES string of the molecule is COC(=O)c1cc(NC(=O)c2c(F)c(F)c(OC)c(F)c2F)cc(C(=O)OC)c1. The summed E-state index contributed by atoms with van der Waals surface area (Å²) in [6.45, 7) is 0. The summed E-state index contributed by atoms with van der Waals surface area (Å²) >= 11 is 0. The van der Waals surface area contributed by atoms with Gasteiger partial charge in [0, 0.05) is 5.69 Å². The van der Waals surface area contributed by atoms with Crippen LogP contribution in [0, 0.1) is 23.3 Å². The maximum atomic E-state index is 14.1. The molecule has 2 aromatic carbocycles. The van der Waals surface area contributed by atoms with E-state index in [-0.39, 0.29) is 16.8 Å². The van der Waals surface area contributed by atoms with Crippen LogP contribution in [0.5, 0.6) is 5.75 Å². The van der Waals surface area contributed by atoms with Gasteiger partial charge in [-0.15, -0.1) is 0 Å². The molecule has 2 aromatic rings. The number of anilines is 1. The van der Waals surface area contributed by atoms with Crippen molar-refractivity contribution in [2.24, 2.45) is 0 Å². The monoisotopic (exact) mass is 415 g/mol. The highest BCUT2D eigenvalue weighted by molar-refractivity contribution is 6.06. The second-order valence-electron chi connectivity index (χ2n) is 5.40. The van der Waals surface area contributed by atoms with Crippen molar-refractivity contribution in [3.63, 3.8) is 0 Å². The molecular formula is C18H13F4NO6. The van der Waals surface area contributed by atoms with Gasteiger partial charge in [0.2, 0.25) is 11.6 Å². The maximum absolute atomic E-state index is 14.1.